The third-order valence-corrected chi connectivity index (χ3v) is 7.43. The molecule has 7 heteroatoms. The van der Waals surface area contributed by atoms with E-state index in [1.54, 1.807) is 13.2 Å². The maximum absolute atomic E-state index is 13.2. The van der Waals surface area contributed by atoms with Gasteiger partial charge in [-0.2, -0.15) is 0 Å². The number of amides is 3. The minimum atomic E-state index is -0.235. The van der Waals surface area contributed by atoms with Gasteiger partial charge in [0.2, 0.25) is 0 Å². The van der Waals surface area contributed by atoms with Crippen LogP contribution in [0, 0.1) is 6.92 Å². The number of piperidine rings is 1. The molecule has 2 aromatic rings. The Hall–Kier alpha value is -2.67. The highest BCUT2D eigenvalue weighted by molar-refractivity contribution is 8.00. The van der Waals surface area contributed by atoms with E-state index in [9.17, 15) is 9.59 Å². The summed E-state index contributed by atoms with van der Waals surface area (Å²) in [4.78, 5) is 29.5. The van der Waals surface area contributed by atoms with Gasteiger partial charge in [-0.15, -0.1) is 11.8 Å². The fraction of sp³-hybridized carbons (Fsp3) is 0.391. The van der Waals surface area contributed by atoms with Crippen LogP contribution in [0.2, 0.25) is 0 Å². The third-order valence-electron chi connectivity index (χ3n) is 5.87. The summed E-state index contributed by atoms with van der Waals surface area (Å²) < 4.78 is 5.27. The van der Waals surface area contributed by atoms with Crippen molar-refractivity contribution in [3.8, 4) is 5.75 Å². The highest BCUT2D eigenvalue weighted by atomic mass is 32.2. The average Bonchev–Trinajstić information content (AvgIpc) is 3.18. The molecule has 0 aromatic heterocycles. The molecule has 0 radical (unpaired) electrons. The van der Waals surface area contributed by atoms with Gasteiger partial charge in [-0.25, -0.2) is 4.79 Å². The van der Waals surface area contributed by atoms with Crippen molar-refractivity contribution < 1.29 is 14.3 Å². The van der Waals surface area contributed by atoms with Crippen molar-refractivity contribution in [2.45, 2.75) is 24.6 Å². The molecule has 2 aromatic carbocycles. The molecule has 0 unspecified atom stereocenters. The summed E-state index contributed by atoms with van der Waals surface area (Å²) in [5, 5.41) is 2.98. The maximum Gasteiger partial charge on any atom is 0.321 e. The van der Waals surface area contributed by atoms with Gasteiger partial charge in [0.1, 0.15) is 5.75 Å². The van der Waals surface area contributed by atoms with Crippen LogP contribution in [0.15, 0.2) is 48.5 Å². The van der Waals surface area contributed by atoms with E-state index in [1.807, 2.05) is 71.0 Å². The standard InChI is InChI=1S/C23H27N3O3S/c1-17-6-8-19(9-7-17)24-22(28)25-12-10-23(11-13-25)26(14-15-30-23)21(27)18-4-3-5-20(16-18)29-2/h3-9,16H,10-15H2,1-2H3,(H,24,28). The number of hydrogen-bond donors (Lipinski definition) is 1. The number of likely N-dealkylation sites (tertiary alicyclic amines) is 1. The fourth-order valence-electron chi connectivity index (χ4n) is 4.12. The number of nitrogens with one attached hydrogen (secondary N) is 1. The molecule has 30 heavy (non-hydrogen) atoms. The summed E-state index contributed by atoms with van der Waals surface area (Å²) in [7, 11) is 1.61. The van der Waals surface area contributed by atoms with Crippen molar-refractivity contribution in [1.82, 2.24) is 9.80 Å². The molecule has 3 amide bonds. The normalized spacial score (nSPS) is 17.8. The summed E-state index contributed by atoms with van der Waals surface area (Å²) in [5.41, 5.74) is 2.61. The van der Waals surface area contributed by atoms with Gasteiger partial charge in [0.15, 0.2) is 0 Å². The van der Waals surface area contributed by atoms with E-state index in [-0.39, 0.29) is 16.8 Å². The van der Waals surface area contributed by atoms with E-state index in [4.69, 9.17) is 4.74 Å². The molecule has 2 heterocycles. The molecule has 0 saturated carbocycles. The molecule has 6 nitrogen and oxygen atoms in total. The number of carbonyl (C=O) groups is 2. The van der Waals surface area contributed by atoms with Gasteiger partial charge in [0.05, 0.1) is 12.0 Å². The zero-order valence-electron chi connectivity index (χ0n) is 17.4. The summed E-state index contributed by atoms with van der Waals surface area (Å²) in [5.74, 6) is 1.64. The molecule has 0 bridgehead atoms. The summed E-state index contributed by atoms with van der Waals surface area (Å²) in [6.07, 6.45) is 1.55. The molecule has 2 aliphatic rings. The number of urea groups is 1. The van der Waals surface area contributed by atoms with Crippen LogP contribution in [0.25, 0.3) is 0 Å². The number of rotatable bonds is 3. The Morgan fingerprint density at radius 1 is 1.07 bits per heavy atom. The lowest BCUT2D eigenvalue weighted by Gasteiger charge is -2.44. The smallest absolute Gasteiger partial charge is 0.321 e. The Kier molecular flexibility index (Phi) is 5.90. The first kappa shape index (κ1) is 20.6. The summed E-state index contributed by atoms with van der Waals surface area (Å²) in [6, 6.07) is 15.0. The fourth-order valence-corrected chi connectivity index (χ4v) is 5.58. The molecule has 2 fully saturated rings. The number of aryl methyl sites for hydroxylation is 1. The van der Waals surface area contributed by atoms with Crippen LogP contribution in [-0.4, -0.2) is 59.1 Å². The Labute approximate surface area is 181 Å². The van der Waals surface area contributed by atoms with Crippen LogP contribution >= 0.6 is 11.8 Å². The Morgan fingerprint density at radius 2 is 1.80 bits per heavy atom. The average molecular weight is 426 g/mol. The Bertz CT molecular complexity index is 924. The molecule has 1 N–H and O–H groups in total. The van der Waals surface area contributed by atoms with Gasteiger partial charge < -0.3 is 19.9 Å². The van der Waals surface area contributed by atoms with Crippen LogP contribution < -0.4 is 10.1 Å². The van der Waals surface area contributed by atoms with Crippen LogP contribution in [0.5, 0.6) is 5.75 Å². The van der Waals surface area contributed by atoms with Crippen molar-refractivity contribution >= 4 is 29.4 Å². The van der Waals surface area contributed by atoms with Crippen molar-refractivity contribution in [2.24, 2.45) is 0 Å². The van der Waals surface area contributed by atoms with E-state index in [0.29, 0.717) is 24.4 Å². The molecular weight excluding hydrogens is 398 g/mol. The quantitative estimate of drug-likeness (QED) is 0.800. The van der Waals surface area contributed by atoms with Gasteiger partial charge in [0, 0.05) is 36.6 Å². The topological polar surface area (TPSA) is 61.9 Å². The number of hydrogen-bond acceptors (Lipinski definition) is 4. The maximum atomic E-state index is 13.2. The van der Waals surface area contributed by atoms with Crippen LogP contribution in [0.3, 0.4) is 0 Å². The lowest BCUT2D eigenvalue weighted by atomic mass is 10.0. The lowest BCUT2D eigenvalue weighted by Crippen LogP contribution is -2.54. The monoisotopic (exact) mass is 425 g/mol. The minimum absolute atomic E-state index is 0.0384. The molecule has 1 spiro atoms. The van der Waals surface area contributed by atoms with Gasteiger partial charge in [-0.3, -0.25) is 4.79 Å². The number of nitrogens with zero attached hydrogens (tertiary/aromatic N) is 2. The van der Waals surface area contributed by atoms with Gasteiger partial charge >= 0.3 is 6.03 Å². The summed E-state index contributed by atoms with van der Waals surface area (Å²) in [6.45, 7) is 4.02. The highest BCUT2D eigenvalue weighted by Crippen LogP contribution is 2.44. The molecule has 0 aliphatic carbocycles. The van der Waals surface area contributed by atoms with Gasteiger partial charge in [-0.05, 0) is 50.1 Å². The third kappa shape index (κ3) is 4.12. The second-order valence-corrected chi connectivity index (χ2v) is 9.22. The van der Waals surface area contributed by atoms with Crippen molar-refractivity contribution in [1.29, 1.82) is 0 Å². The number of thioether (sulfide) groups is 1. The second kappa shape index (κ2) is 8.60. The number of methoxy groups -OCH3 is 1. The lowest BCUT2D eigenvalue weighted by molar-refractivity contribution is 0.0585. The SMILES string of the molecule is COc1cccc(C(=O)N2CCSC23CCN(C(=O)Nc2ccc(C)cc2)CC3)c1. The molecular formula is C23H27N3O3S. The molecule has 0 atom stereocenters. The highest BCUT2D eigenvalue weighted by Gasteiger charge is 2.47. The van der Waals surface area contributed by atoms with Crippen molar-refractivity contribution in [3.63, 3.8) is 0 Å². The second-order valence-electron chi connectivity index (χ2n) is 7.77. The Balaban J connectivity index is 1.41. The first-order valence-corrected chi connectivity index (χ1v) is 11.2. The van der Waals surface area contributed by atoms with Crippen molar-refractivity contribution in [2.75, 3.05) is 37.8 Å². The zero-order valence-corrected chi connectivity index (χ0v) is 18.2. The molecule has 2 aliphatic heterocycles. The summed E-state index contributed by atoms with van der Waals surface area (Å²) >= 11 is 1.84. The number of ether oxygens (including phenoxy) is 1. The first-order chi connectivity index (χ1) is 14.5. The predicted molar refractivity (Wildman–Crippen MR) is 120 cm³/mol. The predicted octanol–water partition coefficient (Wildman–Crippen LogP) is 4.22. The minimum Gasteiger partial charge on any atom is -0.497 e. The van der Waals surface area contributed by atoms with Crippen LogP contribution in [0.1, 0.15) is 28.8 Å². The molecule has 4 rings (SSSR count). The number of benzene rings is 2. The molecule has 2 saturated heterocycles. The van der Waals surface area contributed by atoms with E-state index in [2.05, 4.69) is 5.32 Å². The van der Waals surface area contributed by atoms with E-state index in [0.717, 1.165) is 36.4 Å². The molecule has 158 valence electrons. The number of anilines is 1. The first-order valence-electron chi connectivity index (χ1n) is 10.2. The largest absolute Gasteiger partial charge is 0.497 e. The van der Waals surface area contributed by atoms with E-state index in [1.165, 1.54) is 0 Å². The van der Waals surface area contributed by atoms with Crippen LogP contribution in [0.4, 0.5) is 10.5 Å². The van der Waals surface area contributed by atoms with Gasteiger partial charge in [0.25, 0.3) is 5.91 Å². The van der Waals surface area contributed by atoms with Crippen LogP contribution in [-0.2, 0) is 0 Å². The zero-order chi connectivity index (χ0) is 21.1. The van der Waals surface area contributed by atoms with Crippen molar-refractivity contribution in [3.05, 3.63) is 59.7 Å². The number of carbonyl (C=O) groups excluding carboxylic acids is 2. The van der Waals surface area contributed by atoms with Gasteiger partial charge in [-0.1, -0.05) is 23.8 Å². The van der Waals surface area contributed by atoms with E-state index >= 15 is 0 Å². The van der Waals surface area contributed by atoms with E-state index < -0.39 is 0 Å². The Morgan fingerprint density at radius 3 is 2.50 bits per heavy atom.